The number of rotatable bonds is 3. The van der Waals surface area contributed by atoms with E-state index in [0.717, 1.165) is 57.2 Å². The molecule has 0 atom stereocenters. The Morgan fingerprint density at radius 2 is 2.00 bits per heavy atom. The molecule has 5 rings (SSSR count). The number of nitrogens with zero attached hydrogens (tertiary/aromatic N) is 8. The van der Waals surface area contributed by atoms with Crippen molar-refractivity contribution < 1.29 is 0 Å². The van der Waals surface area contributed by atoms with Gasteiger partial charge in [0.2, 0.25) is 5.95 Å². The number of nitrogens with two attached hydrogens (primary N) is 1. The van der Waals surface area contributed by atoms with Crippen molar-refractivity contribution in [2.24, 2.45) is 0 Å². The van der Waals surface area contributed by atoms with Gasteiger partial charge < -0.3 is 10.6 Å². The third kappa shape index (κ3) is 3.34. The number of fused-ring (bicyclic) bond motifs is 2. The highest BCUT2D eigenvalue weighted by molar-refractivity contribution is 7.99. The molecule has 142 valence electrons. The van der Waals surface area contributed by atoms with E-state index >= 15 is 0 Å². The first kappa shape index (κ1) is 16.8. The van der Waals surface area contributed by atoms with Crippen LogP contribution in [0.3, 0.4) is 0 Å². The summed E-state index contributed by atoms with van der Waals surface area (Å²) >= 11 is 2.04. The standard InChI is InChI=1S/C17H23N9S/c18-17-20-15(9-16-21-19-12-25(16)17)24-2-1-3-26-14(11-24)8-13(22-26)10-23-4-6-27-7-5-23/h8-9,12H,1-7,10-11H2,(H2,18,20). The Labute approximate surface area is 161 Å². The molecule has 0 spiro atoms. The summed E-state index contributed by atoms with van der Waals surface area (Å²) in [5.41, 5.74) is 9.19. The minimum Gasteiger partial charge on any atom is -0.369 e. The molecule has 0 radical (unpaired) electrons. The second-order valence-electron chi connectivity index (χ2n) is 7.05. The van der Waals surface area contributed by atoms with Crippen LogP contribution in [0.5, 0.6) is 0 Å². The molecule has 1 saturated heterocycles. The fourth-order valence-electron chi connectivity index (χ4n) is 3.78. The summed E-state index contributed by atoms with van der Waals surface area (Å²) in [6.07, 6.45) is 2.61. The van der Waals surface area contributed by atoms with E-state index in [1.807, 2.05) is 17.8 Å². The van der Waals surface area contributed by atoms with Crippen LogP contribution >= 0.6 is 11.8 Å². The molecule has 0 unspecified atom stereocenters. The molecule has 0 amide bonds. The molecule has 3 aromatic heterocycles. The van der Waals surface area contributed by atoms with Crippen molar-refractivity contribution in [1.29, 1.82) is 0 Å². The zero-order valence-electron chi connectivity index (χ0n) is 15.2. The summed E-state index contributed by atoms with van der Waals surface area (Å²) in [4.78, 5) is 9.31. The van der Waals surface area contributed by atoms with Crippen LogP contribution < -0.4 is 10.6 Å². The number of aryl methyl sites for hydroxylation is 1. The number of anilines is 2. The van der Waals surface area contributed by atoms with E-state index in [2.05, 4.69) is 35.7 Å². The summed E-state index contributed by atoms with van der Waals surface area (Å²) in [5, 5.41) is 12.9. The largest absolute Gasteiger partial charge is 0.369 e. The van der Waals surface area contributed by atoms with Crippen molar-refractivity contribution in [3.05, 3.63) is 29.8 Å². The average Bonchev–Trinajstić information content (AvgIpc) is 3.24. The average molecular weight is 386 g/mol. The first-order valence-electron chi connectivity index (χ1n) is 9.33. The lowest BCUT2D eigenvalue weighted by Crippen LogP contribution is -2.32. The molecular formula is C17H23N9S. The minimum atomic E-state index is 0.411. The number of hydrogen-bond donors (Lipinski definition) is 1. The lowest BCUT2D eigenvalue weighted by Gasteiger charge is -2.25. The van der Waals surface area contributed by atoms with Crippen LogP contribution in [0.1, 0.15) is 17.8 Å². The van der Waals surface area contributed by atoms with Gasteiger partial charge in [0, 0.05) is 50.3 Å². The molecule has 0 aromatic carbocycles. The molecule has 0 bridgehead atoms. The highest BCUT2D eigenvalue weighted by atomic mass is 32.2. The van der Waals surface area contributed by atoms with Gasteiger partial charge in [-0.15, -0.1) is 10.2 Å². The van der Waals surface area contributed by atoms with Gasteiger partial charge in [0.05, 0.1) is 17.9 Å². The van der Waals surface area contributed by atoms with Gasteiger partial charge in [-0.1, -0.05) is 0 Å². The van der Waals surface area contributed by atoms with Crippen molar-refractivity contribution in [2.75, 3.05) is 41.8 Å². The number of hydrogen-bond acceptors (Lipinski definition) is 8. The van der Waals surface area contributed by atoms with Gasteiger partial charge >= 0.3 is 0 Å². The zero-order valence-corrected chi connectivity index (χ0v) is 16.0. The van der Waals surface area contributed by atoms with Crippen molar-refractivity contribution in [2.45, 2.75) is 26.1 Å². The molecule has 3 aromatic rings. The molecular weight excluding hydrogens is 362 g/mol. The van der Waals surface area contributed by atoms with Crippen LogP contribution in [-0.4, -0.2) is 65.4 Å². The van der Waals surface area contributed by atoms with E-state index in [9.17, 15) is 0 Å². The fourth-order valence-corrected chi connectivity index (χ4v) is 4.76. The second-order valence-corrected chi connectivity index (χ2v) is 8.27. The third-order valence-electron chi connectivity index (χ3n) is 5.19. The molecule has 1 fully saturated rings. The van der Waals surface area contributed by atoms with Gasteiger partial charge in [-0.3, -0.25) is 14.0 Å². The highest BCUT2D eigenvalue weighted by Gasteiger charge is 2.20. The Kier molecular flexibility index (Phi) is 4.36. The Hall–Kier alpha value is -2.33. The molecule has 0 aliphatic carbocycles. The number of aromatic nitrogens is 6. The van der Waals surface area contributed by atoms with E-state index in [-0.39, 0.29) is 0 Å². The molecule has 2 aliphatic heterocycles. The zero-order chi connectivity index (χ0) is 18.2. The quantitative estimate of drug-likeness (QED) is 0.710. The maximum absolute atomic E-state index is 6.07. The van der Waals surface area contributed by atoms with E-state index in [1.54, 1.807) is 10.7 Å². The van der Waals surface area contributed by atoms with Gasteiger partial charge in [-0.05, 0) is 12.5 Å². The molecule has 2 N–H and O–H groups in total. The predicted octanol–water partition coefficient (Wildman–Crippen LogP) is 0.862. The number of thioether (sulfide) groups is 1. The highest BCUT2D eigenvalue weighted by Crippen LogP contribution is 2.22. The molecule has 2 aliphatic rings. The topological polar surface area (TPSA) is 93.4 Å². The van der Waals surface area contributed by atoms with Crippen molar-refractivity contribution in [1.82, 2.24) is 34.3 Å². The lowest BCUT2D eigenvalue weighted by molar-refractivity contribution is 0.289. The van der Waals surface area contributed by atoms with Crippen LogP contribution in [0.25, 0.3) is 5.65 Å². The van der Waals surface area contributed by atoms with E-state index in [4.69, 9.17) is 10.8 Å². The van der Waals surface area contributed by atoms with Gasteiger partial charge in [0.1, 0.15) is 12.1 Å². The Morgan fingerprint density at radius 3 is 2.89 bits per heavy atom. The normalized spacial score (nSPS) is 18.6. The van der Waals surface area contributed by atoms with E-state index < -0.39 is 0 Å². The Morgan fingerprint density at radius 1 is 1.11 bits per heavy atom. The molecule has 0 saturated carbocycles. The van der Waals surface area contributed by atoms with Crippen molar-refractivity contribution >= 4 is 29.2 Å². The Bertz CT molecular complexity index is 943. The summed E-state index contributed by atoms with van der Waals surface area (Å²) in [6, 6.07) is 4.20. The summed E-state index contributed by atoms with van der Waals surface area (Å²) < 4.78 is 3.85. The molecule has 27 heavy (non-hydrogen) atoms. The first-order valence-corrected chi connectivity index (χ1v) is 10.5. The van der Waals surface area contributed by atoms with Crippen LogP contribution in [0.4, 0.5) is 11.8 Å². The van der Waals surface area contributed by atoms with Crippen molar-refractivity contribution in [3.63, 3.8) is 0 Å². The van der Waals surface area contributed by atoms with Gasteiger partial charge in [-0.25, -0.2) is 0 Å². The minimum absolute atomic E-state index is 0.411. The van der Waals surface area contributed by atoms with Crippen LogP contribution in [0.15, 0.2) is 18.5 Å². The SMILES string of the molecule is Nc1nc(N2CCCn3nc(CN4CCSCC4)cc3C2)cc2nncn12. The van der Waals surface area contributed by atoms with Gasteiger partial charge in [0.25, 0.3) is 0 Å². The van der Waals surface area contributed by atoms with Crippen LogP contribution in [0, 0.1) is 0 Å². The summed E-state index contributed by atoms with van der Waals surface area (Å²) in [6.45, 7) is 5.88. The van der Waals surface area contributed by atoms with E-state index in [1.165, 1.54) is 22.9 Å². The molecule has 10 heteroatoms. The first-order chi connectivity index (χ1) is 13.3. The smallest absolute Gasteiger partial charge is 0.209 e. The third-order valence-corrected chi connectivity index (χ3v) is 6.13. The maximum atomic E-state index is 6.07. The predicted molar refractivity (Wildman–Crippen MR) is 106 cm³/mol. The van der Waals surface area contributed by atoms with Crippen LogP contribution in [0.2, 0.25) is 0 Å². The monoisotopic (exact) mass is 385 g/mol. The van der Waals surface area contributed by atoms with Crippen molar-refractivity contribution in [3.8, 4) is 0 Å². The Balaban J connectivity index is 1.38. The molecule has 9 nitrogen and oxygen atoms in total. The van der Waals surface area contributed by atoms with Crippen LogP contribution in [-0.2, 0) is 19.6 Å². The summed E-state index contributed by atoms with van der Waals surface area (Å²) in [5.74, 6) is 3.70. The molecule has 5 heterocycles. The summed E-state index contributed by atoms with van der Waals surface area (Å²) in [7, 11) is 0. The number of nitrogen functional groups attached to an aromatic ring is 1. The van der Waals surface area contributed by atoms with E-state index in [0.29, 0.717) is 5.95 Å². The van der Waals surface area contributed by atoms with Gasteiger partial charge in [0.15, 0.2) is 5.65 Å². The lowest BCUT2D eigenvalue weighted by atomic mass is 10.3. The van der Waals surface area contributed by atoms with Gasteiger partial charge in [-0.2, -0.15) is 21.8 Å². The fraction of sp³-hybridized carbons (Fsp3) is 0.529. The maximum Gasteiger partial charge on any atom is 0.209 e. The second kappa shape index (κ2) is 7.01.